The van der Waals surface area contributed by atoms with Crippen LogP contribution in [0.25, 0.3) is 11.3 Å². The first-order valence-corrected chi connectivity index (χ1v) is 6.36. The molecule has 0 aliphatic carbocycles. The second-order valence-corrected chi connectivity index (χ2v) is 4.95. The number of methoxy groups -OCH3 is 1. The molecule has 1 unspecified atom stereocenters. The number of hydrogen-bond acceptors (Lipinski definition) is 4. The molecule has 1 aromatic heterocycles. The average molecular weight is 248 g/mol. The molecule has 0 saturated carbocycles. The Labute approximate surface area is 105 Å². The third kappa shape index (κ3) is 2.48. The minimum Gasteiger partial charge on any atom is -0.496 e. The maximum Gasteiger partial charge on any atom is 0.128 e. The molecule has 1 aromatic carbocycles. The number of nitrogens with two attached hydrogens (primary N) is 1. The molecular formula is C13H16N2OS. The molecule has 3 nitrogen and oxygen atoms in total. The number of nitrogens with zero attached hydrogens (tertiary/aromatic N) is 1. The van der Waals surface area contributed by atoms with Crippen molar-refractivity contribution >= 4 is 11.3 Å². The highest BCUT2D eigenvalue weighted by molar-refractivity contribution is 7.10. The van der Waals surface area contributed by atoms with Gasteiger partial charge in [0.15, 0.2) is 0 Å². The molecule has 0 radical (unpaired) electrons. The maximum atomic E-state index is 5.82. The van der Waals surface area contributed by atoms with Crippen molar-refractivity contribution in [3.05, 3.63) is 34.2 Å². The van der Waals surface area contributed by atoms with Crippen molar-refractivity contribution in [3.8, 4) is 17.0 Å². The Morgan fingerprint density at radius 1 is 1.41 bits per heavy atom. The summed E-state index contributed by atoms with van der Waals surface area (Å²) >= 11 is 1.59. The summed E-state index contributed by atoms with van der Waals surface area (Å²) in [5.74, 6) is 0.845. The van der Waals surface area contributed by atoms with Gasteiger partial charge in [-0.15, -0.1) is 11.3 Å². The van der Waals surface area contributed by atoms with Crippen molar-refractivity contribution in [2.24, 2.45) is 5.73 Å². The second kappa shape index (κ2) is 4.85. The summed E-state index contributed by atoms with van der Waals surface area (Å²) in [5.41, 5.74) is 8.97. The van der Waals surface area contributed by atoms with Gasteiger partial charge in [-0.05, 0) is 26.0 Å². The molecule has 0 saturated heterocycles. The van der Waals surface area contributed by atoms with Gasteiger partial charge >= 0.3 is 0 Å². The number of aromatic nitrogens is 1. The molecule has 2 N–H and O–H groups in total. The Balaban J connectivity index is 2.47. The van der Waals surface area contributed by atoms with Gasteiger partial charge in [0.1, 0.15) is 10.8 Å². The predicted octanol–water partition coefficient (Wildman–Crippen LogP) is 3.15. The van der Waals surface area contributed by atoms with Gasteiger partial charge in [0.25, 0.3) is 0 Å². The molecule has 1 heterocycles. The van der Waals surface area contributed by atoms with Crippen molar-refractivity contribution in [2.75, 3.05) is 7.11 Å². The molecule has 2 rings (SSSR count). The quantitative estimate of drug-likeness (QED) is 0.907. The van der Waals surface area contributed by atoms with Crippen molar-refractivity contribution in [3.63, 3.8) is 0 Å². The molecule has 0 aliphatic heterocycles. The number of ether oxygens (including phenoxy) is 1. The van der Waals surface area contributed by atoms with E-state index in [1.54, 1.807) is 18.4 Å². The number of thiazole rings is 1. The monoisotopic (exact) mass is 248 g/mol. The molecule has 17 heavy (non-hydrogen) atoms. The molecular weight excluding hydrogens is 232 g/mol. The van der Waals surface area contributed by atoms with Crippen molar-refractivity contribution in [2.45, 2.75) is 19.9 Å². The molecule has 0 fully saturated rings. The zero-order valence-electron chi connectivity index (χ0n) is 10.2. The summed E-state index contributed by atoms with van der Waals surface area (Å²) in [5, 5.41) is 2.97. The van der Waals surface area contributed by atoms with E-state index < -0.39 is 0 Å². The van der Waals surface area contributed by atoms with Crippen LogP contribution in [0.5, 0.6) is 5.75 Å². The molecule has 0 bridgehead atoms. The standard InChI is InChI=1S/C13H16N2OS/c1-8-4-5-12(16-3)10(6-8)11-7-17-13(15-11)9(2)14/h4-7,9H,14H2,1-3H3. The Bertz CT molecular complexity index is 520. The fourth-order valence-corrected chi connectivity index (χ4v) is 2.42. The average Bonchev–Trinajstić information content (AvgIpc) is 2.78. The van der Waals surface area contributed by atoms with Gasteiger partial charge in [0.05, 0.1) is 18.8 Å². The Morgan fingerprint density at radius 2 is 2.18 bits per heavy atom. The smallest absolute Gasteiger partial charge is 0.128 e. The van der Waals surface area contributed by atoms with E-state index in [-0.39, 0.29) is 6.04 Å². The van der Waals surface area contributed by atoms with Gasteiger partial charge in [-0.3, -0.25) is 0 Å². The highest BCUT2D eigenvalue weighted by Crippen LogP contribution is 2.32. The molecule has 0 aliphatic rings. The van der Waals surface area contributed by atoms with E-state index in [0.717, 1.165) is 22.0 Å². The molecule has 1 atom stereocenters. The van der Waals surface area contributed by atoms with Crippen molar-refractivity contribution in [1.29, 1.82) is 0 Å². The largest absolute Gasteiger partial charge is 0.496 e. The van der Waals surface area contributed by atoms with E-state index in [4.69, 9.17) is 10.5 Å². The first-order chi connectivity index (χ1) is 8.11. The van der Waals surface area contributed by atoms with Gasteiger partial charge in [0.2, 0.25) is 0 Å². The van der Waals surface area contributed by atoms with Gasteiger partial charge in [-0.2, -0.15) is 0 Å². The zero-order valence-corrected chi connectivity index (χ0v) is 11.0. The van der Waals surface area contributed by atoms with E-state index >= 15 is 0 Å². The minimum absolute atomic E-state index is 0.0236. The van der Waals surface area contributed by atoms with E-state index in [1.807, 2.05) is 24.4 Å². The summed E-state index contributed by atoms with van der Waals surface area (Å²) in [7, 11) is 1.67. The maximum absolute atomic E-state index is 5.82. The highest BCUT2D eigenvalue weighted by atomic mass is 32.1. The number of rotatable bonds is 3. The Morgan fingerprint density at radius 3 is 2.76 bits per heavy atom. The lowest BCUT2D eigenvalue weighted by molar-refractivity contribution is 0.416. The van der Waals surface area contributed by atoms with Crippen LogP contribution < -0.4 is 10.5 Å². The lowest BCUT2D eigenvalue weighted by Crippen LogP contribution is -2.03. The lowest BCUT2D eigenvalue weighted by Gasteiger charge is -2.07. The van der Waals surface area contributed by atoms with Crippen molar-refractivity contribution < 1.29 is 4.74 Å². The first kappa shape index (κ1) is 12.1. The zero-order chi connectivity index (χ0) is 12.4. The third-order valence-electron chi connectivity index (χ3n) is 2.54. The van der Waals surface area contributed by atoms with Crippen LogP contribution in [-0.4, -0.2) is 12.1 Å². The topological polar surface area (TPSA) is 48.1 Å². The molecule has 90 valence electrons. The normalized spacial score (nSPS) is 12.5. The summed E-state index contributed by atoms with van der Waals surface area (Å²) in [6.45, 7) is 4.00. The fraction of sp³-hybridized carbons (Fsp3) is 0.308. The summed E-state index contributed by atoms with van der Waals surface area (Å²) in [4.78, 5) is 4.54. The van der Waals surface area contributed by atoms with Gasteiger partial charge in [-0.1, -0.05) is 11.6 Å². The van der Waals surface area contributed by atoms with Gasteiger partial charge in [-0.25, -0.2) is 4.98 Å². The number of aryl methyl sites for hydroxylation is 1. The fourth-order valence-electron chi connectivity index (χ4n) is 1.64. The van der Waals surface area contributed by atoms with Crippen LogP contribution in [0.1, 0.15) is 23.5 Å². The highest BCUT2D eigenvalue weighted by Gasteiger charge is 2.11. The Kier molecular flexibility index (Phi) is 3.45. The summed E-state index contributed by atoms with van der Waals surface area (Å²) in [6.07, 6.45) is 0. The Hall–Kier alpha value is -1.39. The minimum atomic E-state index is -0.0236. The van der Waals surface area contributed by atoms with Crippen molar-refractivity contribution in [1.82, 2.24) is 4.98 Å². The summed E-state index contributed by atoms with van der Waals surface area (Å²) < 4.78 is 5.36. The lowest BCUT2D eigenvalue weighted by atomic mass is 10.1. The van der Waals surface area contributed by atoms with E-state index in [9.17, 15) is 0 Å². The molecule has 0 amide bonds. The van der Waals surface area contributed by atoms with Crippen LogP contribution >= 0.6 is 11.3 Å². The molecule has 4 heteroatoms. The number of benzene rings is 1. The second-order valence-electron chi connectivity index (χ2n) is 4.06. The molecule has 0 spiro atoms. The summed E-state index contributed by atoms with van der Waals surface area (Å²) in [6, 6.07) is 6.06. The van der Waals surface area contributed by atoms with Crippen LogP contribution in [-0.2, 0) is 0 Å². The van der Waals surface area contributed by atoms with Crippen LogP contribution in [0.2, 0.25) is 0 Å². The van der Waals surface area contributed by atoms with Gasteiger partial charge in [0, 0.05) is 10.9 Å². The SMILES string of the molecule is COc1ccc(C)cc1-c1csc(C(C)N)n1. The van der Waals surface area contributed by atoms with Gasteiger partial charge < -0.3 is 10.5 Å². The predicted molar refractivity (Wildman–Crippen MR) is 71.4 cm³/mol. The van der Waals surface area contributed by atoms with E-state index in [1.165, 1.54) is 5.56 Å². The van der Waals surface area contributed by atoms with Crippen LogP contribution in [0.3, 0.4) is 0 Å². The molecule has 2 aromatic rings. The first-order valence-electron chi connectivity index (χ1n) is 5.48. The van der Waals surface area contributed by atoms with E-state index in [2.05, 4.69) is 18.0 Å². The van der Waals surface area contributed by atoms with Crippen LogP contribution in [0, 0.1) is 6.92 Å². The number of hydrogen-bond donors (Lipinski definition) is 1. The third-order valence-corrected chi connectivity index (χ3v) is 3.59. The van der Waals surface area contributed by atoms with Crippen LogP contribution in [0.15, 0.2) is 23.6 Å². The van der Waals surface area contributed by atoms with Crippen LogP contribution in [0.4, 0.5) is 0 Å². The van der Waals surface area contributed by atoms with E-state index in [0.29, 0.717) is 0 Å².